The van der Waals surface area contributed by atoms with Gasteiger partial charge in [0.1, 0.15) is 5.92 Å². The normalized spacial score (nSPS) is 20.3. The lowest BCUT2D eigenvalue weighted by molar-refractivity contribution is -0.132. The molecule has 0 radical (unpaired) electrons. The molecular weight excluding hydrogens is 256 g/mol. The minimum Gasteiger partial charge on any atom is -0.392 e. The van der Waals surface area contributed by atoms with Gasteiger partial charge in [-0.25, -0.2) is 0 Å². The molecule has 0 aliphatic carbocycles. The topological polar surface area (TPSA) is 46.3 Å². The first-order valence-corrected chi connectivity index (χ1v) is 7.20. The van der Waals surface area contributed by atoms with Gasteiger partial charge in [-0.15, -0.1) is 0 Å². The summed E-state index contributed by atoms with van der Waals surface area (Å²) in [5.41, 5.74) is 6.70. The molecule has 0 bridgehead atoms. The zero-order valence-electron chi connectivity index (χ0n) is 11.2. The first-order chi connectivity index (χ1) is 9.15. The van der Waals surface area contributed by atoms with Crippen molar-refractivity contribution in [3.8, 4) is 0 Å². The summed E-state index contributed by atoms with van der Waals surface area (Å²) in [5, 5.41) is 0. The number of likely N-dealkylation sites (tertiary alicyclic amines) is 1. The molecule has 0 aromatic heterocycles. The van der Waals surface area contributed by atoms with Gasteiger partial charge < -0.3 is 10.6 Å². The maximum Gasteiger partial charge on any atom is 0.237 e. The Morgan fingerprint density at radius 2 is 2.16 bits per heavy atom. The molecule has 1 aromatic rings. The van der Waals surface area contributed by atoms with Crippen LogP contribution in [0, 0.1) is 0 Å². The molecule has 1 aliphatic heterocycles. The second-order valence-electron chi connectivity index (χ2n) is 4.98. The summed E-state index contributed by atoms with van der Waals surface area (Å²) in [6.07, 6.45) is 3.15. The average molecular weight is 276 g/mol. The van der Waals surface area contributed by atoms with Crippen molar-refractivity contribution < 1.29 is 4.79 Å². The number of amides is 1. The smallest absolute Gasteiger partial charge is 0.237 e. The van der Waals surface area contributed by atoms with Crippen LogP contribution in [0.15, 0.2) is 30.3 Å². The predicted molar refractivity (Wildman–Crippen MR) is 81.0 cm³/mol. The molecule has 1 saturated heterocycles. The van der Waals surface area contributed by atoms with Crippen LogP contribution >= 0.6 is 12.2 Å². The van der Waals surface area contributed by atoms with Crippen molar-refractivity contribution in [3.05, 3.63) is 35.9 Å². The van der Waals surface area contributed by atoms with Gasteiger partial charge in [0.05, 0.1) is 4.99 Å². The van der Waals surface area contributed by atoms with Crippen LogP contribution < -0.4 is 5.73 Å². The third-order valence-electron chi connectivity index (χ3n) is 3.80. The van der Waals surface area contributed by atoms with Gasteiger partial charge in [0.15, 0.2) is 0 Å². The van der Waals surface area contributed by atoms with E-state index in [1.54, 1.807) is 0 Å². The van der Waals surface area contributed by atoms with E-state index >= 15 is 0 Å². The van der Waals surface area contributed by atoms with Gasteiger partial charge in [0.2, 0.25) is 5.91 Å². The SMILES string of the molecule is CCC1CCCN1C(=O)C(C(N)=S)c1ccccc1. The Morgan fingerprint density at radius 1 is 1.47 bits per heavy atom. The summed E-state index contributed by atoms with van der Waals surface area (Å²) in [7, 11) is 0. The minimum atomic E-state index is -0.483. The highest BCUT2D eigenvalue weighted by atomic mass is 32.1. The fourth-order valence-corrected chi connectivity index (χ4v) is 3.03. The quantitative estimate of drug-likeness (QED) is 0.859. The van der Waals surface area contributed by atoms with E-state index < -0.39 is 5.92 Å². The number of hydrogen-bond acceptors (Lipinski definition) is 2. The van der Waals surface area contributed by atoms with Crippen molar-refractivity contribution in [2.24, 2.45) is 5.73 Å². The molecule has 2 unspecified atom stereocenters. The third-order valence-corrected chi connectivity index (χ3v) is 4.03. The number of hydrogen-bond donors (Lipinski definition) is 1. The Bertz CT molecular complexity index is 460. The summed E-state index contributed by atoms with van der Waals surface area (Å²) in [6, 6.07) is 9.92. The zero-order chi connectivity index (χ0) is 13.8. The van der Waals surface area contributed by atoms with E-state index in [9.17, 15) is 4.79 Å². The second-order valence-corrected chi connectivity index (χ2v) is 5.45. The summed E-state index contributed by atoms with van der Waals surface area (Å²) < 4.78 is 0. The van der Waals surface area contributed by atoms with Crippen LogP contribution in [0.4, 0.5) is 0 Å². The maximum absolute atomic E-state index is 12.7. The fraction of sp³-hybridized carbons (Fsp3) is 0.467. The van der Waals surface area contributed by atoms with E-state index in [4.69, 9.17) is 18.0 Å². The van der Waals surface area contributed by atoms with Gasteiger partial charge in [-0.1, -0.05) is 49.5 Å². The number of rotatable bonds is 4. The lowest BCUT2D eigenvalue weighted by Gasteiger charge is -2.28. The number of thiocarbonyl (C=S) groups is 1. The van der Waals surface area contributed by atoms with E-state index in [2.05, 4.69) is 6.92 Å². The molecule has 1 aromatic carbocycles. The molecule has 0 saturated carbocycles. The fourth-order valence-electron chi connectivity index (χ4n) is 2.79. The number of benzene rings is 1. The molecule has 2 rings (SSSR count). The van der Waals surface area contributed by atoms with Crippen LogP contribution in [-0.4, -0.2) is 28.4 Å². The van der Waals surface area contributed by atoms with Crippen LogP contribution in [0.2, 0.25) is 0 Å². The third kappa shape index (κ3) is 2.95. The summed E-state index contributed by atoms with van der Waals surface area (Å²) >= 11 is 5.12. The van der Waals surface area contributed by atoms with Crippen molar-refractivity contribution in [1.82, 2.24) is 4.90 Å². The first-order valence-electron chi connectivity index (χ1n) is 6.80. The summed E-state index contributed by atoms with van der Waals surface area (Å²) in [5.74, 6) is -0.425. The number of nitrogens with two attached hydrogens (primary N) is 1. The van der Waals surface area contributed by atoms with E-state index in [0.717, 1.165) is 31.4 Å². The average Bonchev–Trinajstić information content (AvgIpc) is 2.88. The van der Waals surface area contributed by atoms with Gasteiger partial charge in [0, 0.05) is 12.6 Å². The Hall–Kier alpha value is -1.42. The molecule has 19 heavy (non-hydrogen) atoms. The number of carbonyl (C=O) groups is 1. The second kappa shape index (κ2) is 6.15. The molecule has 102 valence electrons. The van der Waals surface area contributed by atoms with Crippen molar-refractivity contribution in [2.45, 2.75) is 38.1 Å². The summed E-state index contributed by atoms with van der Waals surface area (Å²) in [6.45, 7) is 2.94. The van der Waals surface area contributed by atoms with E-state index in [1.807, 2.05) is 35.2 Å². The molecule has 1 fully saturated rings. The largest absolute Gasteiger partial charge is 0.392 e. The molecular formula is C15H20N2OS. The number of nitrogens with zero attached hydrogens (tertiary/aromatic N) is 1. The van der Waals surface area contributed by atoms with Gasteiger partial charge in [0.25, 0.3) is 0 Å². The highest BCUT2D eigenvalue weighted by Crippen LogP contribution is 2.26. The van der Waals surface area contributed by atoms with Crippen LogP contribution in [0.1, 0.15) is 37.7 Å². The maximum atomic E-state index is 12.7. The molecule has 3 nitrogen and oxygen atoms in total. The van der Waals surface area contributed by atoms with Crippen LogP contribution in [0.3, 0.4) is 0 Å². The highest BCUT2D eigenvalue weighted by molar-refractivity contribution is 7.80. The molecule has 1 aliphatic rings. The van der Waals surface area contributed by atoms with Crippen LogP contribution in [0.25, 0.3) is 0 Å². The van der Waals surface area contributed by atoms with Crippen LogP contribution in [-0.2, 0) is 4.79 Å². The molecule has 4 heteroatoms. The van der Waals surface area contributed by atoms with Gasteiger partial charge in [-0.3, -0.25) is 4.79 Å². The van der Waals surface area contributed by atoms with Gasteiger partial charge in [-0.2, -0.15) is 0 Å². The van der Waals surface area contributed by atoms with Crippen molar-refractivity contribution in [2.75, 3.05) is 6.54 Å². The van der Waals surface area contributed by atoms with Crippen molar-refractivity contribution in [3.63, 3.8) is 0 Å². The lowest BCUT2D eigenvalue weighted by Crippen LogP contribution is -2.42. The van der Waals surface area contributed by atoms with E-state index in [-0.39, 0.29) is 10.9 Å². The van der Waals surface area contributed by atoms with E-state index in [0.29, 0.717) is 6.04 Å². The summed E-state index contributed by atoms with van der Waals surface area (Å²) in [4.78, 5) is 14.9. The molecule has 2 N–H and O–H groups in total. The Balaban J connectivity index is 2.25. The Kier molecular flexibility index (Phi) is 4.53. The monoisotopic (exact) mass is 276 g/mol. The molecule has 1 amide bonds. The van der Waals surface area contributed by atoms with Crippen molar-refractivity contribution in [1.29, 1.82) is 0 Å². The minimum absolute atomic E-state index is 0.0584. The highest BCUT2D eigenvalue weighted by Gasteiger charge is 2.34. The van der Waals surface area contributed by atoms with Crippen molar-refractivity contribution >= 4 is 23.1 Å². The lowest BCUT2D eigenvalue weighted by atomic mass is 9.97. The predicted octanol–water partition coefficient (Wildman–Crippen LogP) is 2.46. The molecule has 0 spiro atoms. The van der Waals surface area contributed by atoms with Crippen LogP contribution in [0.5, 0.6) is 0 Å². The number of carbonyl (C=O) groups excluding carboxylic acids is 1. The van der Waals surface area contributed by atoms with Gasteiger partial charge >= 0.3 is 0 Å². The van der Waals surface area contributed by atoms with Gasteiger partial charge in [-0.05, 0) is 24.8 Å². The molecule has 1 heterocycles. The Morgan fingerprint density at radius 3 is 2.74 bits per heavy atom. The standard InChI is InChI=1S/C15H20N2OS/c1-2-12-9-6-10-17(12)15(18)13(14(16)19)11-7-4-3-5-8-11/h3-5,7-8,12-13H,2,6,9-10H2,1H3,(H2,16,19). The zero-order valence-corrected chi connectivity index (χ0v) is 12.0. The first kappa shape index (κ1) is 14.0. The molecule has 2 atom stereocenters. The Labute approximate surface area is 119 Å². The van der Waals surface area contributed by atoms with E-state index in [1.165, 1.54) is 0 Å².